The SMILES string of the molecule is CSCCC1(CCCCN=C(C)N)NC2=C(CCCC2)OC1=O.Cl.Cl. The van der Waals surface area contributed by atoms with E-state index < -0.39 is 5.54 Å². The topological polar surface area (TPSA) is 76.7 Å². The number of carbonyl (C=O) groups excluding carboxylic acids is 1. The molecule has 8 heteroatoms. The zero-order valence-electron chi connectivity index (χ0n) is 15.1. The van der Waals surface area contributed by atoms with Crippen LogP contribution in [-0.4, -0.2) is 35.9 Å². The predicted molar refractivity (Wildman–Crippen MR) is 111 cm³/mol. The van der Waals surface area contributed by atoms with Gasteiger partial charge in [-0.05, 0) is 63.9 Å². The van der Waals surface area contributed by atoms with E-state index in [0.29, 0.717) is 5.84 Å². The van der Waals surface area contributed by atoms with Gasteiger partial charge in [-0.2, -0.15) is 11.8 Å². The smallest absolute Gasteiger partial charge is 0.336 e. The van der Waals surface area contributed by atoms with Crippen LogP contribution in [0.4, 0.5) is 0 Å². The summed E-state index contributed by atoms with van der Waals surface area (Å²) in [4.78, 5) is 16.9. The number of amidine groups is 1. The minimum Gasteiger partial charge on any atom is -0.427 e. The first-order valence-electron chi connectivity index (χ1n) is 8.55. The van der Waals surface area contributed by atoms with E-state index in [9.17, 15) is 4.79 Å². The van der Waals surface area contributed by atoms with Crippen LogP contribution in [0.25, 0.3) is 0 Å². The maximum atomic E-state index is 12.7. The maximum Gasteiger partial charge on any atom is 0.336 e. The van der Waals surface area contributed by atoms with Crippen LogP contribution in [-0.2, 0) is 9.53 Å². The molecular formula is C17H31Cl2N3O2S. The minimum atomic E-state index is -0.555. The second kappa shape index (κ2) is 11.9. The van der Waals surface area contributed by atoms with Gasteiger partial charge in [0, 0.05) is 13.0 Å². The van der Waals surface area contributed by atoms with Crippen LogP contribution in [0.2, 0.25) is 0 Å². The summed E-state index contributed by atoms with van der Waals surface area (Å²) in [6, 6.07) is 0. The highest BCUT2D eigenvalue weighted by atomic mass is 35.5. The van der Waals surface area contributed by atoms with Gasteiger partial charge in [-0.3, -0.25) is 4.99 Å². The number of nitrogens with two attached hydrogens (primary N) is 1. The second-order valence-electron chi connectivity index (χ2n) is 6.43. The predicted octanol–water partition coefficient (Wildman–Crippen LogP) is 3.80. The molecule has 0 aromatic heterocycles. The zero-order chi connectivity index (χ0) is 16.7. The Labute approximate surface area is 167 Å². The molecule has 0 spiro atoms. The summed E-state index contributed by atoms with van der Waals surface area (Å²) >= 11 is 1.77. The molecular weight excluding hydrogens is 381 g/mol. The second-order valence-corrected chi connectivity index (χ2v) is 7.41. The molecule has 0 bridgehead atoms. The first-order valence-corrected chi connectivity index (χ1v) is 9.95. The number of rotatable bonds is 8. The van der Waals surface area contributed by atoms with Crippen molar-refractivity contribution in [2.75, 3.05) is 18.6 Å². The van der Waals surface area contributed by atoms with E-state index in [1.165, 1.54) is 6.42 Å². The summed E-state index contributed by atoms with van der Waals surface area (Å²) in [6.07, 6.45) is 9.73. The van der Waals surface area contributed by atoms with E-state index in [-0.39, 0.29) is 30.8 Å². The number of hydrogen-bond donors (Lipinski definition) is 2. The quantitative estimate of drug-likeness (QED) is 0.275. The molecule has 0 saturated carbocycles. The molecule has 0 fully saturated rings. The molecule has 0 amide bonds. The Morgan fingerprint density at radius 2 is 2.00 bits per heavy atom. The molecule has 3 N–H and O–H groups in total. The average Bonchev–Trinajstić information content (AvgIpc) is 2.53. The number of aliphatic imine (C=N–C) groups is 1. The molecule has 2 rings (SSSR count). The lowest BCUT2D eigenvalue weighted by Gasteiger charge is -2.40. The van der Waals surface area contributed by atoms with E-state index in [4.69, 9.17) is 10.5 Å². The van der Waals surface area contributed by atoms with Crippen LogP contribution in [0, 0.1) is 0 Å². The maximum absolute atomic E-state index is 12.7. The van der Waals surface area contributed by atoms with Crippen molar-refractivity contribution in [2.45, 2.75) is 63.8 Å². The first kappa shape index (κ1) is 24.4. The van der Waals surface area contributed by atoms with Gasteiger partial charge in [-0.25, -0.2) is 4.79 Å². The van der Waals surface area contributed by atoms with Crippen molar-refractivity contribution in [1.29, 1.82) is 0 Å². The van der Waals surface area contributed by atoms with Gasteiger partial charge in [0.2, 0.25) is 0 Å². The molecule has 2 aliphatic rings. The largest absolute Gasteiger partial charge is 0.427 e. The molecule has 0 aromatic carbocycles. The van der Waals surface area contributed by atoms with Crippen molar-refractivity contribution in [3.8, 4) is 0 Å². The van der Waals surface area contributed by atoms with Crippen LogP contribution < -0.4 is 11.1 Å². The van der Waals surface area contributed by atoms with Crippen LogP contribution in [0.1, 0.15) is 58.3 Å². The van der Waals surface area contributed by atoms with Crippen LogP contribution in [0.15, 0.2) is 16.4 Å². The van der Waals surface area contributed by atoms with Gasteiger partial charge in [0.15, 0.2) is 0 Å². The third kappa shape index (κ3) is 6.91. The van der Waals surface area contributed by atoms with Crippen LogP contribution >= 0.6 is 36.6 Å². The Bertz CT molecular complexity index is 496. The summed E-state index contributed by atoms with van der Waals surface area (Å²) in [5.41, 5.74) is 6.16. The number of thioether (sulfide) groups is 1. The van der Waals surface area contributed by atoms with Crippen molar-refractivity contribution in [1.82, 2.24) is 5.32 Å². The summed E-state index contributed by atoms with van der Waals surface area (Å²) in [7, 11) is 0. The highest BCUT2D eigenvalue weighted by Gasteiger charge is 2.44. The van der Waals surface area contributed by atoms with Gasteiger partial charge in [-0.15, -0.1) is 24.8 Å². The number of carbonyl (C=O) groups is 1. The van der Waals surface area contributed by atoms with E-state index in [2.05, 4.69) is 16.6 Å². The fourth-order valence-corrected chi connectivity index (χ4v) is 3.75. The number of nitrogens with zero attached hydrogens (tertiary/aromatic N) is 1. The number of esters is 1. The normalized spacial score (nSPS) is 23.0. The lowest BCUT2D eigenvalue weighted by atomic mass is 9.86. The van der Waals surface area contributed by atoms with Crippen LogP contribution in [0.3, 0.4) is 0 Å². The van der Waals surface area contributed by atoms with Crippen molar-refractivity contribution >= 4 is 48.4 Å². The number of ether oxygens (including phenoxy) is 1. The van der Waals surface area contributed by atoms with Crippen molar-refractivity contribution in [3.63, 3.8) is 0 Å². The lowest BCUT2D eigenvalue weighted by molar-refractivity contribution is -0.150. The third-order valence-electron chi connectivity index (χ3n) is 4.52. The molecule has 1 unspecified atom stereocenters. The number of halogens is 2. The molecule has 1 aliphatic carbocycles. The average molecular weight is 412 g/mol. The monoisotopic (exact) mass is 411 g/mol. The Balaban J connectivity index is 0.00000288. The molecule has 25 heavy (non-hydrogen) atoms. The molecule has 146 valence electrons. The summed E-state index contributed by atoms with van der Waals surface area (Å²) in [5, 5.41) is 3.58. The Hall–Kier alpha value is -0.590. The van der Waals surface area contributed by atoms with Gasteiger partial charge in [0.25, 0.3) is 0 Å². The van der Waals surface area contributed by atoms with Crippen molar-refractivity contribution < 1.29 is 9.53 Å². The highest BCUT2D eigenvalue weighted by Crippen LogP contribution is 2.35. The first-order chi connectivity index (χ1) is 11.1. The Morgan fingerprint density at radius 1 is 1.28 bits per heavy atom. The Kier molecular flexibility index (Phi) is 11.6. The van der Waals surface area contributed by atoms with Crippen molar-refractivity contribution in [3.05, 3.63) is 11.5 Å². The van der Waals surface area contributed by atoms with E-state index >= 15 is 0 Å². The van der Waals surface area contributed by atoms with E-state index in [1.807, 2.05) is 0 Å². The van der Waals surface area contributed by atoms with E-state index in [1.54, 1.807) is 18.7 Å². The number of allylic oxidation sites excluding steroid dienone is 2. The fraction of sp³-hybridized carbons (Fsp3) is 0.765. The van der Waals surface area contributed by atoms with Gasteiger partial charge in [0.1, 0.15) is 11.3 Å². The van der Waals surface area contributed by atoms with Gasteiger partial charge < -0.3 is 15.8 Å². The molecule has 1 atom stereocenters. The third-order valence-corrected chi connectivity index (χ3v) is 5.13. The van der Waals surface area contributed by atoms with Crippen LogP contribution in [0.5, 0.6) is 0 Å². The van der Waals surface area contributed by atoms with Crippen molar-refractivity contribution in [2.24, 2.45) is 10.7 Å². The standard InChI is InChI=1S/C17H29N3O2S.2ClH/c1-13(18)19-11-6-5-9-17(10-12-23-2)16(21)22-15-8-4-3-7-14(15)20-17;;/h20H,3-12H2,1-2H3,(H2,18,19);2*1H. The number of nitrogens with one attached hydrogen (secondary N) is 1. The lowest BCUT2D eigenvalue weighted by Crippen LogP contribution is -2.56. The molecule has 1 heterocycles. The number of hydrogen-bond acceptors (Lipinski definition) is 5. The molecule has 5 nitrogen and oxygen atoms in total. The minimum absolute atomic E-state index is 0. The highest BCUT2D eigenvalue weighted by molar-refractivity contribution is 7.98. The van der Waals surface area contributed by atoms with E-state index in [0.717, 1.165) is 68.7 Å². The summed E-state index contributed by atoms with van der Waals surface area (Å²) < 4.78 is 5.72. The Morgan fingerprint density at radius 3 is 2.68 bits per heavy atom. The summed E-state index contributed by atoms with van der Waals surface area (Å²) in [5.74, 6) is 2.36. The van der Waals surface area contributed by atoms with Gasteiger partial charge >= 0.3 is 5.97 Å². The zero-order valence-corrected chi connectivity index (χ0v) is 17.6. The van der Waals surface area contributed by atoms with Gasteiger partial charge in [-0.1, -0.05) is 0 Å². The van der Waals surface area contributed by atoms with Gasteiger partial charge in [0.05, 0.1) is 11.5 Å². The number of unbranched alkanes of at least 4 members (excludes halogenated alkanes) is 1. The molecule has 0 radical (unpaired) electrons. The molecule has 0 aromatic rings. The molecule has 1 aliphatic heterocycles. The summed E-state index contributed by atoms with van der Waals surface area (Å²) in [6.45, 7) is 2.53. The molecule has 0 saturated heterocycles. The fourth-order valence-electron chi connectivity index (χ4n) is 3.20.